The highest BCUT2D eigenvalue weighted by Crippen LogP contribution is 2.21. The van der Waals surface area contributed by atoms with Crippen molar-refractivity contribution in [2.24, 2.45) is 0 Å². The van der Waals surface area contributed by atoms with Gasteiger partial charge in [-0.05, 0) is 19.2 Å². The summed E-state index contributed by atoms with van der Waals surface area (Å²) in [5.74, 6) is 1.06. The average molecular weight is 260 g/mol. The number of hydrogen-bond acceptors (Lipinski definition) is 5. The molecule has 18 heavy (non-hydrogen) atoms. The highest BCUT2D eigenvalue weighted by Gasteiger charge is 2.15. The molecule has 0 bridgehead atoms. The largest absolute Gasteiger partial charge is 0.354 e. The van der Waals surface area contributed by atoms with Crippen molar-refractivity contribution >= 4 is 17.2 Å². The molecule has 2 aromatic rings. The number of rotatable bonds is 2. The van der Waals surface area contributed by atoms with E-state index >= 15 is 0 Å². The molecule has 0 aromatic carbocycles. The van der Waals surface area contributed by atoms with Gasteiger partial charge < -0.3 is 9.80 Å². The summed E-state index contributed by atoms with van der Waals surface area (Å²) in [6.07, 6.45) is 0. The molecule has 0 saturated carbocycles. The molecule has 5 heteroatoms. The Morgan fingerprint density at radius 2 is 1.94 bits per heavy atom. The second-order valence-electron chi connectivity index (χ2n) is 4.55. The minimum Gasteiger partial charge on any atom is -0.354 e. The molecule has 0 radical (unpaired) electrons. The summed E-state index contributed by atoms with van der Waals surface area (Å²) in [6.45, 7) is 4.29. The van der Waals surface area contributed by atoms with Crippen LogP contribution in [0.15, 0.2) is 29.1 Å². The summed E-state index contributed by atoms with van der Waals surface area (Å²) in [4.78, 5) is 13.7. The predicted molar refractivity (Wildman–Crippen MR) is 75.1 cm³/mol. The molecule has 3 heterocycles. The Morgan fingerprint density at radius 1 is 1.11 bits per heavy atom. The van der Waals surface area contributed by atoms with E-state index in [2.05, 4.69) is 34.0 Å². The summed E-state index contributed by atoms with van der Waals surface area (Å²) >= 11 is 1.60. The van der Waals surface area contributed by atoms with Crippen LogP contribution in [0.1, 0.15) is 0 Å². The first-order valence-corrected chi connectivity index (χ1v) is 7.06. The topological polar surface area (TPSA) is 32.3 Å². The van der Waals surface area contributed by atoms with Gasteiger partial charge in [-0.3, -0.25) is 0 Å². The SMILES string of the molecule is CN1CCN(c2cccc(-c3cscn3)n2)CC1. The third-order valence-corrected chi connectivity index (χ3v) is 3.84. The highest BCUT2D eigenvalue weighted by molar-refractivity contribution is 7.07. The maximum Gasteiger partial charge on any atom is 0.129 e. The van der Waals surface area contributed by atoms with Crippen LogP contribution in [0.2, 0.25) is 0 Å². The van der Waals surface area contributed by atoms with Crippen molar-refractivity contribution in [3.8, 4) is 11.4 Å². The van der Waals surface area contributed by atoms with E-state index < -0.39 is 0 Å². The number of thiazole rings is 1. The number of hydrogen-bond donors (Lipinski definition) is 0. The first kappa shape index (κ1) is 11.6. The normalized spacial score (nSPS) is 17.1. The van der Waals surface area contributed by atoms with E-state index in [0.717, 1.165) is 43.4 Å². The molecule has 0 atom stereocenters. The van der Waals surface area contributed by atoms with Crippen molar-refractivity contribution in [3.63, 3.8) is 0 Å². The third-order valence-electron chi connectivity index (χ3n) is 3.26. The first-order valence-electron chi connectivity index (χ1n) is 6.12. The molecule has 0 N–H and O–H groups in total. The summed E-state index contributed by atoms with van der Waals surface area (Å²) in [5.41, 5.74) is 3.78. The van der Waals surface area contributed by atoms with E-state index in [-0.39, 0.29) is 0 Å². The Bertz CT molecular complexity index is 503. The van der Waals surface area contributed by atoms with Gasteiger partial charge in [0.25, 0.3) is 0 Å². The highest BCUT2D eigenvalue weighted by atomic mass is 32.1. The summed E-state index contributed by atoms with van der Waals surface area (Å²) in [6, 6.07) is 6.17. The molecule has 0 unspecified atom stereocenters. The zero-order chi connectivity index (χ0) is 12.4. The van der Waals surface area contributed by atoms with Crippen LogP contribution >= 0.6 is 11.3 Å². The number of aromatic nitrogens is 2. The predicted octanol–water partition coefficient (Wildman–Crippen LogP) is 1.96. The molecular weight excluding hydrogens is 244 g/mol. The maximum absolute atomic E-state index is 4.72. The zero-order valence-corrected chi connectivity index (χ0v) is 11.2. The van der Waals surface area contributed by atoms with Gasteiger partial charge in [-0.1, -0.05) is 6.07 Å². The summed E-state index contributed by atoms with van der Waals surface area (Å²) < 4.78 is 0. The van der Waals surface area contributed by atoms with Crippen LogP contribution in [-0.2, 0) is 0 Å². The number of likely N-dealkylation sites (N-methyl/N-ethyl adjacent to an activating group) is 1. The van der Waals surface area contributed by atoms with E-state index in [1.807, 2.05) is 17.0 Å². The molecule has 2 aromatic heterocycles. The van der Waals surface area contributed by atoms with Gasteiger partial charge in [0.1, 0.15) is 5.82 Å². The minimum atomic E-state index is 0.965. The Hall–Kier alpha value is -1.46. The van der Waals surface area contributed by atoms with Gasteiger partial charge in [-0.15, -0.1) is 11.3 Å². The van der Waals surface area contributed by atoms with Crippen molar-refractivity contribution in [1.29, 1.82) is 0 Å². The van der Waals surface area contributed by atoms with Gasteiger partial charge in [0.05, 0.1) is 16.9 Å². The molecule has 94 valence electrons. The van der Waals surface area contributed by atoms with Gasteiger partial charge in [0.2, 0.25) is 0 Å². The third kappa shape index (κ3) is 2.37. The van der Waals surface area contributed by atoms with E-state index in [4.69, 9.17) is 4.98 Å². The lowest BCUT2D eigenvalue weighted by Crippen LogP contribution is -2.44. The van der Waals surface area contributed by atoms with E-state index in [9.17, 15) is 0 Å². The lowest BCUT2D eigenvalue weighted by Gasteiger charge is -2.33. The van der Waals surface area contributed by atoms with E-state index in [0.29, 0.717) is 0 Å². The van der Waals surface area contributed by atoms with Crippen LogP contribution in [0, 0.1) is 0 Å². The molecule has 0 amide bonds. The van der Waals surface area contributed by atoms with Gasteiger partial charge in [-0.25, -0.2) is 9.97 Å². The van der Waals surface area contributed by atoms with Gasteiger partial charge in [-0.2, -0.15) is 0 Å². The molecule has 0 spiro atoms. The number of anilines is 1. The van der Waals surface area contributed by atoms with Crippen LogP contribution in [0.3, 0.4) is 0 Å². The molecular formula is C13H16N4S. The van der Waals surface area contributed by atoms with Gasteiger partial charge in [0.15, 0.2) is 0 Å². The molecule has 1 aliphatic rings. The summed E-state index contributed by atoms with van der Waals surface area (Å²) in [5, 5.41) is 2.04. The molecule has 0 aliphatic carbocycles. The monoisotopic (exact) mass is 260 g/mol. The average Bonchev–Trinajstić information content (AvgIpc) is 2.94. The van der Waals surface area contributed by atoms with E-state index in [1.54, 1.807) is 11.3 Å². The van der Waals surface area contributed by atoms with Crippen LogP contribution in [0.5, 0.6) is 0 Å². The fraction of sp³-hybridized carbons (Fsp3) is 0.385. The van der Waals surface area contributed by atoms with E-state index in [1.165, 1.54) is 0 Å². The lowest BCUT2D eigenvalue weighted by atomic mass is 10.2. The van der Waals surface area contributed by atoms with Crippen LogP contribution in [0.25, 0.3) is 11.4 Å². The maximum atomic E-state index is 4.72. The van der Waals surface area contributed by atoms with Crippen molar-refractivity contribution < 1.29 is 0 Å². The fourth-order valence-electron chi connectivity index (χ4n) is 2.12. The number of pyridine rings is 1. The van der Waals surface area contributed by atoms with Crippen molar-refractivity contribution in [3.05, 3.63) is 29.1 Å². The zero-order valence-electron chi connectivity index (χ0n) is 10.4. The molecule has 1 fully saturated rings. The lowest BCUT2D eigenvalue weighted by molar-refractivity contribution is 0.312. The van der Waals surface area contributed by atoms with Crippen molar-refractivity contribution in [2.45, 2.75) is 0 Å². The fourth-order valence-corrected chi connectivity index (χ4v) is 2.66. The summed E-state index contributed by atoms with van der Waals surface area (Å²) in [7, 11) is 2.16. The smallest absolute Gasteiger partial charge is 0.129 e. The first-order chi connectivity index (χ1) is 8.83. The Morgan fingerprint density at radius 3 is 2.67 bits per heavy atom. The molecule has 1 aliphatic heterocycles. The van der Waals surface area contributed by atoms with Gasteiger partial charge >= 0.3 is 0 Å². The second kappa shape index (κ2) is 5.04. The Balaban J connectivity index is 1.83. The minimum absolute atomic E-state index is 0.965. The second-order valence-corrected chi connectivity index (χ2v) is 5.26. The van der Waals surface area contributed by atoms with Gasteiger partial charge in [0, 0.05) is 31.6 Å². The Labute approximate surface area is 111 Å². The number of piperazine rings is 1. The van der Waals surface area contributed by atoms with Crippen LogP contribution in [-0.4, -0.2) is 48.1 Å². The quantitative estimate of drug-likeness (QED) is 0.826. The van der Waals surface area contributed by atoms with Crippen LogP contribution < -0.4 is 4.90 Å². The molecule has 4 nitrogen and oxygen atoms in total. The van der Waals surface area contributed by atoms with Crippen LogP contribution in [0.4, 0.5) is 5.82 Å². The Kier molecular flexibility index (Phi) is 3.25. The molecule has 3 rings (SSSR count). The van der Waals surface area contributed by atoms with Crippen molar-refractivity contribution in [1.82, 2.24) is 14.9 Å². The van der Waals surface area contributed by atoms with Crippen molar-refractivity contribution in [2.75, 3.05) is 38.1 Å². The number of nitrogens with zero attached hydrogens (tertiary/aromatic N) is 4. The molecule has 1 saturated heterocycles. The standard InChI is InChI=1S/C13H16N4S/c1-16-5-7-17(8-6-16)13-4-2-3-11(15-13)12-9-18-10-14-12/h2-4,9-10H,5-8H2,1H3.